The van der Waals surface area contributed by atoms with E-state index < -0.39 is 8.60 Å². The number of nitrogens with zero attached hydrogens (tertiary/aromatic N) is 4. The van der Waals surface area contributed by atoms with E-state index in [1.807, 2.05) is 54.9 Å². The lowest BCUT2D eigenvalue weighted by Gasteiger charge is -2.28. The van der Waals surface area contributed by atoms with Gasteiger partial charge in [-0.2, -0.15) is 0 Å². The van der Waals surface area contributed by atoms with Crippen molar-refractivity contribution in [3.8, 4) is 11.3 Å². The van der Waals surface area contributed by atoms with Crippen molar-refractivity contribution >= 4 is 31.7 Å². The smallest absolute Gasteiger partial charge is 0.329 e. The Labute approximate surface area is 274 Å². The SMILES string of the molecule is C/C=C\C1=C(/C)CN(C(=O)CCC(=O)NCCCCCCOP(O)OC)c2ccccc2-c2nnn(CCOCCOCCC)c21. The fourth-order valence-corrected chi connectivity index (χ4v) is 5.50. The molecule has 1 atom stereocenters. The minimum atomic E-state index is -1.78. The van der Waals surface area contributed by atoms with Crippen molar-refractivity contribution in [3.05, 3.63) is 47.7 Å². The van der Waals surface area contributed by atoms with Crippen LogP contribution >= 0.6 is 8.60 Å². The Morgan fingerprint density at radius 1 is 1.04 bits per heavy atom. The zero-order valence-corrected chi connectivity index (χ0v) is 28.6. The number of nitrogens with one attached hydrogen (secondary N) is 1. The van der Waals surface area contributed by atoms with Gasteiger partial charge in [0.15, 0.2) is 0 Å². The number of rotatable bonds is 21. The molecule has 0 saturated heterocycles. The minimum absolute atomic E-state index is 0.0895. The first-order chi connectivity index (χ1) is 22.4. The highest BCUT2D eigenvalue weighted by atomic mass is 31.2. The third-order valence-electron chi connectivity index (χ3n) is 7.41. The van der Waals surface area contributed by atoms with E-state index in [1.165, 1.54) is 7.11 Å². The summed E-state index contributed by atoms with van der Waals surface area (Å²) in [5.41, 5.74) is 5.10. The lowest BCUT2D eigenvalue weighted by atomic mass is 9.95. The van der Waals surface area contributed by atoms with Crippen LogP contribution in [0.5, 0.6) is 0 Å². The number of benzene rings is 1. The number of unbranched alkanes of at least 4 members (excludes halogenated alkanes) is 3. The van der Waals surface area contributed by atoms with Crippen LogP contribution in [0.4, 0.5) is 5.69 Å². The fourth-order valence-electron chi connectivity index (χ4n) is 5.11. The molecule has 1 aromatic heterocycles. The lowest BCUT2D eigenvalue weighted by Crippen LogP contribution is -2.35. The molecule has 0 aliphatic carbocycles. The van der Waals surface area contributed by atoms with Crippen LogP contribution in [-0.2, 0) is 34.7 Å². The third kappa shape index (κ3) is 11.7. The summed E-state index contributed by atoms with van der Waals surface area (Å²) in [4.78, 5) is 37.3. The van der Waals surface area contributed by atoms with Crippen LogP contribution in [0.15, 0.2) is 42.0 Å². The van der Waals surface area contributed by atoms with Gasteiger partial charge in [0.1, 0.15) is 5.69 Å². The number of carbonyl (C=O) groups excluding carboxylic acids is 2. The molecule has 46 heavy (non-hydrogen) atoms. The molecule has 2 aromatic rings. The summed E-state index contributed by atoms with van der Waals surface area (Å²) in [7, 11) is -0.370. The second-order valence-corrected chi connectivity index (χ2v) is 12.0. The van der Waals surface area contributed by atoms with Gasteiger partial charge in [-0.25, -0.2) is 4.68 Å². The Kier molecular flexibility index (Phi) is 17.1. The van der Waals surface area contributed by atoms with Crippen molar-refractivity contribution in [3.63, 3.8) is 0 Å². The van der Waals surface area contributed by atoms with Gasteiger partial charge in [-0.1, -0.05) is 55.3 Å². The highest BCUT2D eigenvalue weighted by Gasteiger charge is 2.28. The van der Waals surface area contributed by atoms with Crippen LogP contribution in [0.25, 0.3) is 16.8 Å². The first-order valence-corrected chi connectivity index (χ1v) is 17.3. The monoisotopic (exact) mass is 659 g/mol. The molecule has 2 N–H and O–H groups in total. The number of amides is 2. The molecule has 1 aromatic carbocycles. The highest BCUT2D eigenvalue weighted by molar-refractivity contribution is 7.40. The van der Waals surface area contributed by atoms with Gasteiger partial charge < -0.3 is 33.6 Å². The number of para-hydroxylation sites is 1. The predicted molar refractivity (Wildman–Crippen MR) is 180 cm³/mol. The van der Waals surface area contributed by atoms with Gasteiger partial charge in [-0.3, -0.25) is 9.59 Å². The molecule has 13 heteroatoms. The van der Waals surface area contributed by atoms with E-state index in [0.29, 0.717) is 51.8 Å². The number of ether oxygens (including phenoxy) is 2. The molecule has 12 nitrogen and oxygen atoms in total. The van der Waals surface area contributed by atoms with Gasteiger partial charge in [-0.15, -0.1) is 5.10 Å². The number of aromatic nitrogens is 3. The Hall–Kier alpha value is -2.99. The van der Waals surface area contributed by atoms with Crippen molar-refractivity contribution in [2.24, 2.45) is 0 Å². The first kappa shape index (κ1) is 37.5. The van der Waals surface area contributed by atoms with E-state index in [2.05, 4.69) is 22.6 Å². The topological polar surface area (TPSA) is 137 Å². The molecule has 0 bridgehead atoms. The molecule has 0 spiro atoms. The van der Waals surface area contributed by atoms with E-state index >= 15 is 0 Å². The summed E-state index contributed by atoms with van der Waals surface area (Å²) in [5, 5.41) is 12.0. The van der Waals surface area contributed by atoms with Crippen LogP contribution < -0.4 is 10.2 Å². The summed E-state index contributed by atoms with van der Waals surface area (Å²) in [6.07, 6.45) is 8.69. The van der Waals surface area contributed by atoms with Crippen LogP contribution in [0, 0.1) is 0 Å². The summed E-state index contributed by atoms with van der Waals surface area (Å²) >= 11 is 0. The van der Waals surface area contributed by atoms with Crippen molar-refractivity contribution < 1.29 is 33.0 Å². The number of carbonyl (C=O) groups is 2. The molecule has 0 radical (unpaired) electrons. The van der Waals surface area contributed by atoms with Crippen molar-refractivity contribution in [2.75, 3.05) is 58.1 Å². The normalized spacial score (nSPS) is 15.4. The fraction of sp³-hybridized carbons (Fsp3) is 0.576. The predicted octanol–water partition coefficient (Wildman–Crippen LogP) is 5.42. The Bertz CT molecular complexity index is 1300. The van der Waals surface area contributed by atoms with Gasteiger partial charge in [-0.05, 0) is 44.7 Å². The zero-order chi connectivity index (χ0) is 33.1. The summed E-state index contributed by atoms with van der Waals surface area (Å²) in [6, 6.07) is 7.72. The summed E-state index contributed by atoms with van der Waals surface area (Å²) in [6.45, 7) is 10.2. The summed E-state index contributed by atoms with van der Waals surface area (Å²) in [5.74, 6) is -0.273. The molecule has 254 valence electrons. The lowest BCUT2D eigenvalue weighted by molar-refractivity contribution is -0.125. The van der Waals surface area contributed by atoms with E-state index in [0.717, 1.165) is 66.8 Å². The molecule has 1 unspecified atom stereocenters. The average Bonchev–Trinajstić information content (AvgIpc) is 3.47. The Balaban J connectivity index is 1.63. The number of hydrogen-bond acceptors (Lipinski definition) is 9. The van der Waals surface area contributed by atoms with Gasteiger partial charge in [0.25, 0.3) is 0 Å². The number of fused-ring (bicyclic) bond motifs is 3. The molecule has 1 aliphatic heterocycles. The minimum Gasteiger partial charge on any atom is -0.379 e. The molecule has 0 fully saturated rings. The zero-order valence-electron chi connectivity index (χ0n) is 27.7. The van der Waals surface area contributed by atoms with E-state index in [1.54, 1.807) is 4.90 Å². The standard InChI is InChI=1S/C33H50N5O7P/c1-5-13-27-26(3)25-37(31(40)17-16-30(39)34-18-11-7-8-12-21-45-46(41)42-4)29-15-10-9-14-28(29)32-33(27)38(36-35-32)19-22-44-24-23-43-20-6-2/h5,9-10,13-15,41H,6-8,11-12,16-25H2,1-4H3,(H,34,39)/b13-5-,27-26-. The number of anilines is 1. The molecular formula is C33H50N5O7P. The molecule has 2 amide bonds. The number of hydrogen-bond donors (Lipinski definition) is 2. The molecule has 1 aliphatic rings. The van der Waals surface area contributed by atoms with E-state index in [9.17, 15) is 14.5 Å². The number of allylic oxidation sites excluding steroid dienone is 3. The van der Waals surface area contributed by atoms with Gasteiger partial charge in [0.05, 0.1) is 44.4 Å². The quantitative estimate of drug-likeness (QED) is 0.133. The van der Waals surface area contributed by atoms with Crippen molar-refractivity contribution in [2.45, 2.75) is 72.3 Å². The molecule has 3 rings (SSSR count). The van der Waals surface area contributed by atoms with Crippen molar-refractivity contribution in [1.29, 1.82) is 0 Å². The largest absolute Gasteiger partial charge is 0.379 e. The maximum Gasteiger partial charge on any atom is 0.329 e. The van der Waals surface area contributed by atoms with E-state index in [-0.39, 0.29) is 24.7 Å². The second kappa shape index (κ2) is 21.0. The van der Waals surface area contributed by atoms with Gasteiger partial charge in [0, 0.05) is 50.8 Å². The van der Waals surface area contributed by atoms with Crippen LogP contribution in [-0.4, -0.2) is 84.9 Å². The molecule has 0 saturated carbocycles. The van der Waals surface area contributed by atoms with E-state index in [4.69, 9.17) is 18.5 Å². The maximum absolute atomic E-state index is 13.7. The van der Waals surface area contributed by atoms with Crippen molar-refractivity contribution in [1.82, 2.24) is 20.3 Å². The Morgan fingerprint density at radius 2 is 1.80 bits per heavy atom. The van der Waals surface area contributed by atoms with Gasteiger partial charge in [0.2, 0.25) is 11.8 Å². The van der Waals surface area contributed by atoms with Crippen LogP contribution in [0.2, 0.25) is 0 Å². The average molecular weight is 660 g/mol. The Morgan fingerprint density at radius 3 is 2.57 bits per heavy atom. The van der Waals surface area contributed by atoms with Crippen LogP contribution in [0.1, 0.15) is 71.4 Å². The van der Waals surface area contributed by atoms with Crippen LogP contribution in [0.3, 0.4) is 0 Å². The molecule has 2 heterocycles. The van der Waals surface area contributed by atoms with Gasteiger partial charge >= 0.3 is 8.60 Å². The second-order valence-electron chi connectivity index (χ2n) is 10.9. The first-order valence-electron chi connectivity index (χ1n) is 16.1. The maximum atomic E-state index is 13.7. The highest BCUT2D eigenvalue weighted by Crippen LogP contribution is 2.39. The third-order valence-corrected chi connectivity index (χ3v) is 8.13. The summed E-state index contributed by atoms with van der Waals surface area (Å²) < 4.78 is 23.0. The molecular weight excluding hydrogens is 609 g/mol.